The molecule has 3 atom stereocenters. The number of methoxy groups -OCH3 is 1. The summed E-state index contributed by atoms with van der Waals surface area (Å²) in [5.74, 6) is -3.25. The quantitative estimate of drug-likeness (QED) is 0.123. The van der Waals surface area contributed by atoms with Gasteiger partial charge in [0.15, 0.2) is 6.61 Å². The predicted molar refractivity (Wildman–Crippen MR) is 183 cm³/mol. The summed E-state index contributed by atoms with van der Waals surface area (Å²) in [7, 11) is 1.12. The van der Waals surface area contributed by atoms with Crippen molar-refractivity contribution in [1.29, 1.82) is 0 Å². The highest BCUT2D eigenvalue weighted by molar-refractivity contribution is 6.35. The summed E-state index contributed by atoms with van der Waals surface area (Å²) in [6.07, 6.45) is 0.526. The molecule has 0 saturated heterocycles. The third-order valence-electron chi connectivity index (χ3n) is 8.77. The Hall–Kier alpha value is -5.19. The van der Waals surface area contributed by atoms with E-state index < -0.39 is 60.6 Å². The number of carbonyl (C=O) groups is 4. The van der Waals surface area contributed by atoms with Crippen LogP contribution in [0.4, 0.5) is 30.8 Å². The van der Waals surface area contributed by atoms with Crippen LogP contribution in [0.15, 0.2) is 48.5 Å². The van der Waals surface area contributed by atoms with Gasteiger partial charge in [0.25, 0.3) is 5.91 Å². The Morgan fingerprint density at radius 1 is 0.942 bits per heavy atom. The molecule has 14 nitrogen and oxygen atoms in total. The van der Waals surface area contributed by atoms with Gasteiger partial charge in [-0.15, -0.1) is 0 Å². The predicted octanol–water partition coefficient (Wildman–Crippen LogP) is 4.39. The van der Waals surface area contributed by atoms with Crippen molar-refractivity contribution in [2.75, 3.05) is 30.9 Å². The lowest BCUT2D eigenvalue weighted by atomic mass is 9.86. The van der Waals surface area contributed by atoms with Crippen molar-refractivity contribution in [1.82, 2.24) is 30.9 Å². The summed E-state index contributed by atoms with van der Waals surface area (Å²) in [5.41, 5.74) is 0.805. The van der Waals surface area contributed by atoms with Crippen LogP contribution in [0.5, 0.6) is 6.01 Å². The van der Waals surface area contributed by atoms with Gasteiger partial charge in [0.05, 0.1) is 12.6 Å². The van der Waals surface area contributed by atoms with Gasteiger partial charge in [-0.1, -0.05) is 43.5 Å². The number of anilines is 3. The van der Waals surface area contributed by atoms with Gasteiger partial charge in [-0.2, -0.15) is 28.1 Å². The lowest BCUT2D eigenvalue weighted by Gasteiger charge is -2.29. The minimum absolute atomic E-state index is 0.0277. The maximum atomic E-state index is 13.1. The second-order valence-corrected chi connectivity index (χ2v) is 13.1. The van der Waals surface area contributed by atoms with Gasteiger partial charge < -0.3 is 36.1 Å². The van der Waals surface area contributed by atoms with Crippen LogP contribution in [0.2, 0.25) is 5.02 Å². The number of ether oxygens (including phenoxy) is 2. The molecular formula is C34H38ClF3N8O6. The smallest absolute Gasteiger partial charge is 0.422 e. The maximum Gasteiger partial charge on any atom is 0.422 e. The number of nitrogens with one attached hydrogen (secondary N) is 5. The average molecular weight is 747 g/mol. The molecule has 1 heterocycles. The summed E-state index contributed by atoms with van der Waals surface area (Å²) in [5, 5.41) is 14.2. The molecule has 52 heavy (non-hydrogen) atoms. The Balaban J connectivity index is 1.23. The Morgan fingerprint density at radius 2 is 1.62 bits per heavy atom. The maximum absolute atomic E-state index is 13.1. The van der Waals surface area contributed by atoms with E-state index in [4.69, 9.17) is 21.1 Å². The monoisotopic (exact) mass is 746 g/mol. The van der Waals surface area contributed by atoms with Crippen molar-refractivity contribution in [3.8, 4) is 6.01 Å². The third-order valence-corrected chi connectivity index (χ3v) is 9.02. The standard InChI is InChI=1S/C34H38ClF3N8O6/c1-19-5-3-4-6-24(19)41-28(49)27(48)39-17-25(29(50)51-2)42-26(47)20-7-13-23(14-8-20)40-30-43-31(45-32(44-30)52-18-34(36,37)38)46-33(15-16-33)21-9-11-22(35)12-10-21/h7-14,19,24-25H,3-6,15-18H2,1-2H3,(H,39,48)(H,41,49)(H,42,47)(H2,40,43,44,45,46)/t19?,24?,25-/m0/s1. The molecule has 2 fully saturated rings. The molecule has 2 aliphatic rings. The van der Waals surface area contributed by atoms with Crippen molar-refractivity contribution in [2.45, 2.75) is 69.2 Å². The highest BCUT2D eigenvalue weighted by Crippen LogP contribution is 2.48. The molecule has 2 unspecified atom stereocenters. The molecule has 3 aromatic rings. The molecule has 2 aliphatic carbocycles. The fourth-order valence-corrected chi connectivity index (χ4v) is 5.85. The van der Waals surface area contributed by atoms with Gasteiger partial charge in [0.1, 0.15) is 6.04 Å². The number of esters is 1. The van der Waals surface area contributed by atoms with E-state index in [9.17, 15) is 32.3 Å². The first-order chi connectivity index (χ1) is 24.7. The number of halogens is 4. The fourth-order valence-electron chi connectivity index (χ4n) is 5.72. The first kappa shape index (κ1) is 38.1. The van der Waals surface area contributed by atoms with Crippen LogP contribution in [0.1, 0.15) is 61.4 Å². The summed E-state index contributed by atoms with van der Waals surface area (Å²) in [4.78, 5) is 62.7. The number of nitrogens with zero attached hydrogens (tertiary/aromatic N) is 3. The van der Waals surface area contributed by atoms with Crippen LogP contribution in [0.3, 0.4) is 0 Å². The van der Waals surface area contributed by atoms with Gasteiger partial charge in [-0.3, -0.25) is 14.4 Å². The molecule has 0 bridgehead atoms. The van der Waals surface area contributed by atoms with E-state index in [-0.39, 0.29) is 29.4 Å². The van der Waals surface area contributed by atoms with Crippen LogP contribution in [-0.2, 0) is 24.7 Å². The second kappa shape index (κ2) is 16.4. The lowest BCUT2D eigenvalue weighted by Crippen LogP contribution is -2.53. The number of carbonyl (C=O) groups excluding carboxylic acids is 4. The summed E-state index contributed by atoms with van der Waals surface area (Å²) < 4.78 is 48.4. The van der Waals surface area contributed by atoms with Crippen LogP contribution in [0.25, 0.3) is 0 Å². The molecule has 5 rings (SSSR count). The summed E-state index contributed by atoms with van der Waals surface area (Å²) in [6, 6.07) is 10.9. The van der Waals surface area contributed by atoms with E-state index >= 15 is 0 Å². The minimum atomic E-state index is -4.63. The zero-order valence-corrected chi connectivity index (χ0v) is 29.1. The van der Waals surface area contributed by atoms with Crippen molar-refractivity contribution < 1.29 is 41.8 Å². The largest absolute Gasteiger partial charge is 0.467 e. The van der Waals surface area contributed by atoms with E-state index in [1.807, 2.05) is 19.1 Å². The minimum Gasteiger partial charge on any atom is -0.467 e. The van der Waals surface area contributed by atoms with Crippen molar-refractivity contribution in [3.63, 3.8) is 0 Å². The molecule has 2 saturated carbocycles. The first-order valence-electron chi connectivity index (χ1n) is 16.6. The van der Waals surface area contributed by atoms with Gasteiger partial charge in [-0.05, 0) is 73.6 Å². The Labute approximate surface area is 302 Å². The van der Waals surface area contributed by atoms with Crippen LogP contribution < -0.4 is 31.3 Å². The zero-order valence-electron chi connectivity index (χ0n) is 28.3. The molecule has 18 heteroatoms. The Morgan fingerprint density at radius 3 is 2.25 bits per heavy atom. The highest BCUT2D eigenvalue weighted by Gasteiger charge is 2.45. The van der Waals surface area contributed by atoms with E-state index in [2.05, 4.69) is 41.5 Å². The SMILES string of the molecule is COC(=O)[C@H](CNC(=O)C(=O)NC1CCCCC1C)NC(=O)c1ccc(Nc2nc(NC3(c4ccc(Cl)cc4)CC3)nc(OCC(F)(F)F)n2)cc1. The fraction of sp³-hybridized carbons (Fsp3) is 0.441. The Kier molecular flexibility index (Phi) is 12.0. The zero-order chi connectivity index (χ0) is 37.5. The number of rotatable bonds is 13. The molecule has 278 valence electrons. The molecule has 0 radical (unpaired) electrons. The third kappa shape index (κ3) is 10.4. The average Bonchev–Trinajstić information content (AvgIpc) is 3.90. The van der Waals surface area contributed by atoms with E-state index in [0.29, 0.717) is 23.6 Å². The Bertz CT molecular complexity index is 1760. The van der Waals surface area contributed by atoms with Gasteiger partial charge in [0, 0.05) is 28.9 Å². The van der Waals surface area contributed by atoms with Crippen LogP contribution >= 0.6 is 11.6 Å². The van der Waals surface area contributed by atoms with Crippen molar-refractivity contribution >= 4 is 52.9 Å². The van der Waals surface area contributed by atoms with Crippen LogP contribution in [-0.4, -0.2) is 77.2 Å². The molecule has 2 aromatic carbocycles. The molecular weight excluding hydrogens is 709 g/mol. The number of amides is 3. The molecule has 0 aliphatic heterocycles. The number of benzene rings is 2. The second-order valence-electron chi connectivity index (χ2n) is 12.7. The number of alkyl halides is 3. The lowest BCUT2D eigenvalue weighted by molar-refractivity contribution is -0.154. The number of hydrogen-bond acceptors (Lipinski definition) is 11. The van der Waals surface area contributed by atoms with Crippen LogP contribution in [0, 0.1) is 5.92 Å². The molecule has 1 aromatic heterocycles. The summed E-state index contributed by atoms with van der Waals surface area (Å²) >= 11 is 6.02. The number of hydrogen-bond donors (Lipinski definition) is 5. The summed E-state index contributed by atoms with van der Waals surface area (Å²) in [6.45, 7) is -0.0149. The molecule has 5 N–H and O–H groups in total. The van der Waals surface area contributed by atoms with Gasteiger partial charge in [0.2, 0.25) is 11.9 Å². The van der Waals surface area contributed by atoms with Crippen molar-refractivity contribution in [3.05, 3.63) is 64.7 Å². The van der Waals surface area contributed by atoms with E-state index in [0.717, 1.165) is 38.4 Å². The molecule has 0 spiro atoms. The first-order valence-corrected chi connectivity index (χ1v) is 17.0. The highest BCUT2D eigenvalue weighted by atomic mass is 35.5. The van der Waals surface area contributed by atoms with Gasteiger partial charge in [-0.25, -0.2) is 4.79 Å². The topological polar surface area (TPSA) is 186 Å². The normalized spacial score (nSPS) is 18.3. The number of aromatic nitrogens is 3. The van der Waals surface area contributed by atoms with E-state index in [1.165, 1.54) is 24.3 Å². The van der Waals surface area contributed by atoms with Gasteiger partial charge >= 0.3 is 30.0 Å². The molecule has 3 amide bonds. The van der Waals surface area contributed by atoms with E-state index in [1.54, 1.807) is 12.1 Å². The van der Waals surface area contributed by atoms with Crippen molar-refractivity contribution in [2.24, 2.45) is 5.92 Å².